The molecule has 0 aromatic heterocycles. The highest BCUT2D eigenvalue weighted by molar-refractivity contribution is 8.04. The Hall–Kier alpha value is -3.84. The number of thioether (sulfide) groups is 1. The second-order valence-corrected chi connectivity index (χ2v) is 8.86. The number of rotatable bonds is 7. The molecule has 172 valence electrons. The van der Waals surface area contributed by atoms with Crippen molar-refractivity contribution >= 4 is 40.9 Å². The van der Waals surface area contributed by atoms with Gasteiger partial charge in [-0.25, -0.2) is 9.69 Å². The number of aryl methyl sites for hydroxylation is 2. The van der Waals surface area contributed by atoms with Crippen molar-refractivity contribution in [1.82, 2.24) is 0 Å². The molecular formula is C27H24N2O4S. The lowest BCUT2D eigenvalue weighted by Gasteiger charge is -2.15. The van der Waals surface area contributed by atoms with Gasteiger partial charge in [-0.15, -0.1) is 0 Å². The van der Waals surface area contributed by atoms with E-state index in [4.69, 9.17) is 4.74 Å². The van der Waals surface area contributed by atoms with Gasteiger partial charge < -0.3 is 10.1 Å². The molecule has 0 radical (unpaired) electrons. The Morgan fingerprint density at radius 2 is 1.56 bits per heavy atom. The molecule has 7 heteroatoms. The molecule has 0 saturated carbocycles. The number of nitrogens with zero attached hydrogens (tertiary/aromatic N) is 1. The minimum absolute atomic E-state index is 0.219. The minimum Gasteiger partial charge on any atom is -0.465 e. The molecule has 2 amide bonds. The number of methoxy groups -OCH3 is 1. The van der Waals surface area contributed by atoms with Gasteiger partial charge in [0.2, 0.25) is 0 Å². The number of carbonyl (C=O) groups is 3. The van der Waals surface area contributed by atoms with Crippen LogP contribution in [0.5, 0.6) is 0 Å². The standard InChI is InChI=1S/C27H24N2O4S/c1-4-18-7-11-20(12-8-18)28-23-24(34-22-15-5-17(2)6-16-22)26(31)29(25(23)30)21-13-9-19(10-14-21)27(32)33-3/h5-16,28H,4H2,1-3H3. The van der Waals surface area contributed by atoms with Crippen molar-refractivity contribution in [1.29, 1.82) is 0 Å². The number of nitrogens with one attached hydrogen (secondary N) is 1. The van der Waals surface area contributed by atoms with Gasteiger partial charge in [0, 0.05) is 10.6 Å². The first kappa shape index (κ1) is 23.3. The predicted molar refractivity (Wildman–Crippen MR) is 134 cm³/mol. The predicted octanol–water partition coefficient (Wildman–Crippen LogP) is 5.33. The van der Waals surface area contributed by atoms with Crippen LogP contribution in [0.1, 0.15) is 28.4 Å². The van der Waals surface area contributed by atoms with Crippen LogP contribution in [0.25, 0.3) is 0 Å². The van der Waals surface area contributed by atoms with Crippen molar-refractivity contribution in [3.63, 3.8) is 0 Å². The molecular weight excluding hydrogens is 448 g/mol. The summed E-state index contributed by atoms with van der Waals surface area (Å²) < 4.78 is 4.73. The van der Waals surface area contributed by atoms with Crippen molar-refractivity contribution in [2.45, 2.75) is 25.2 Å². The molecule has 1 aliphatic rings. The van der Waals surface area contributed by atoms with Crippen LogP contribution in [0.2, 0.25) is 0 Å². The van der Waals surface area contributed by atoms with E-state index in [2.05, 4.69) is 12.2 Å². The minimum atomic E-state index is -0.489. The zero-order chi connectivity index (χ0) is 24.2. The van der Waals surface area contributed by atoms with E-state index in [9.17, 15) is 14.4 Å². The van der Waals surface area contributed by atoms with Gasteiger partial charge in [-0.2, -0.15) is 0 Å². The van der Waals surface area contributed by atoms with Gasteiger partial charge >= 0.3 is 5.97 Å². The van der Waals surface area contributed by atoms with Crippen LogP contribution in [0, 0.1) is 6.92 Å². The van der Waals surface area contributed by atoms with Gasteiger partial charge in [0.05, 0.1) is 18.4 Å². The number of imide groups is 1. The summed E-state index contributed by atoms with van der Waals surface area (Å²) in [6.45, 7) is 4.06. The highest BCUT2D eigenvalue weighted by atomic mass is 32.2. The van der Waals surface area contributed by atoms with Gasteiger partial charge in [-0.05, 0) is 67.4 Å². The largest absolute Gasteiger partial charge is 0.465 e. The van der Waals surface area contributed by atoms with Gasteiger partial charge in [-0.3, -0.25) is 9.59 Å². The normalized spacial score (nSPS) is 13.4. The quantitative estimate of drug-likeness (QED) is 0.370. The first-order chi connectivity index (χ1) is 16.4. The smallest absolute Gasteiger partial charge is 0.337 e. The molecule has 0 fully saturated rings. The monoisotopic (exact) mass is 472 g/mol. The van der Waals surface area contributed by atoms with Gasteiger partial charge in [-0.1, -0.05) is 48.5 Å². The van der Waals surface area contributed by atoms with Gasteiger partial charge in [0.25, 0.3) is 11.8 Å². The molecule has 0 saturated heterocycles. The van der Waals surface area contributed by atoms with Gasteiger partial charge in [0.1, 0.15) is 10.6 Å². The van der Waals surface area contributed by atoms with E-state index in [0.29, 0.717) is 16.2 Å². The number of esters is 1. The number of hydrogen-bond acceptors (Lipinski definition) is 6. The van der Waals surface area contributed by atoms with E-state index in [0.717, 1.165) is 27.5 Å². The zero-order valence-corrected chi connectivity index (χ0v) is 19.9. The van der Waals surface area contributed by atoms with Crippen LogP contribution in [-0.4, -0.2) is 24.9 Å². The summed E-state index contributed by atoms with van der Waals surface area (Å²) in [4.78, 5) is 41.0. The van der Waals surface area contributed by atoms with Crippen molar-refractivity contribution in [2.24, 2.45) is 0 Å². The summed E-state index contributed by atoms with van der Waals surface area (Å²) in [6, 6.07) is 21.7. The third kappa shape index (κ3) is 4.75. The highest BCUT2D eigenvalue weighted by Gasteiger charge is 2.40. The lowest BCUT2D eigenvalue weighted by molar-refractivity contribution is -0.120. The number of hydrogen-bond donors (Lipinski definition) is 1. The molecule has 34 heavy (non-hydrogen) atoms. The summed E-state index contributed by atoms with van der Waals surface area (Å²) in [5.74, 6) is -1.36. The maximum Gasteiger partial charge on any atom is 0.337 e. The summed E-state index contributed by atoms with van der Waals surface area (Å²) in [5.41, 5.74) is 3.93. The molecule has 0 aliphatic carbocycles. The van der Waals surface area contributed by atoms with E-state index < -0.39 is 17.8 Å². The zero-order valence-electron chi connectivity index (χ0n) is 19.1. The summed E-state index contributed by atoms with van der Waals surface area (Å²) >= 11 is 1.25. The summed E-state index contributed by atoms with van der Waals surface area (Å²) in [6.07, 6.45) is 0.907. The molecule has 1 N–H and O–H groups in total. The van der Waals surface area contributed by atoms with Crippen LogP contribution < -0.4 is 10.2 Å². The molecule has 0 bridgehead atoms. The fourth-order valence-electron chi connectivity index (χ4n) is 3.51. The molecule has 6 nitrogen and oxygen atoms in total. The molecule has 0 unspecified atom stereocenters. The van der Waals surface area contributed by atoms with Crippen LogP contribution in [-0.2, 0) is 20.7 Å². The number of ether oxygens (including phenoxy) is 1. The lowest BCUT2D eigenvalue weighted by Crippen LogP contribution is -2.32. The molecule has 3 aromatic rings. The average molecular weight is 473 g/mol. The van der Waals surface area contributed by atoms with Crippen LogP contribution in [0.15, 0.2) is 88.3 Å². The molecule has 0 atom stereocenters. The van der Waals surface area contributed by atoms with Crippen LogP contribution >= 0.6 is 11.8 Å². The molecule has 3 aromatic carbocycles. The Morgan fingerprint density at radius 1 is 0.912 bits per heavy atom. The number of amides is 2. The van der Waals surface area contributed by atoms with Crippen molar-refractivity contribution in [2.75, 3.05) is 17.3 Å². The van der Waals surface area contributed by atoms with Crippen molar-refractivity contribution < 1.29 is 19.1 Å². The average Bonchev–Trinajstić information content (AvgIpc) is 3.09. The Labute approximate surface area is 202 Å². The molecule has 1 aliphatic heterocycles. The Balaban J connectivity index is 1.69. The second kappa shape index (κ2) is 9.97. The first-order valence-corrected chi connectivity index (χ1v) is 11.6. The SMILES string of the molecule is CCc1ccc(NC2=C(Sc3ccc(C)cc3)C(=O)N(c3ccc(C(=O)OC)cc3)C2=O)cc1. The van der Waals surface area contributed by atoms with E-state index in [-0.39, 0.29) is 5.70 Å². The van der Waals surface area contributed by atoms with Crippen molar-refractivity contribution in [3.05, 3.63) is 100 Å². The van der Waals surface area contributed by atoms with E-state index in [1.165, 1.54) is 36.6 Å². The third-order valence-electron chi connectivity index (χ3n) is 5.46. The summed E-state index contributed by atoms with van der Waals surface area (Å²) in [5, 5.41) is 3.17. The van der Waals surface area contributed by atoms with Crippen LogP contribution in [0.4, 0.5) is 11.4 Å². The van der Waals surface area contributed by atoms with Gasteiger partial charge in [0.15, 0.2) is 0 Å². The lowest BCUT2D eigenvalue weighted by atomic mass is 10.1. The maximum atomic E-state index is 13.5. The van der Waals surface area contributed by atoms with Crippen molar-refractivity contribution in [3.8, 4) is 0 Å². The van der Waals surface area contributed by atoms with E-state index >= 15 is 0 Å². The number of anilines is 2. The Kier molecular flexibility index (Phi) is 6.84. The molecule has 4 rings (SSSR count). The third-order valence-corrected chi connectivity index (χ3v) is 6.55. The molecule has 1 heterocycles. The topological polar surface area (TPSA) is 75.7 Å². The summed E-state index contributed by atoms with van der Waals surface area (Å²) in [7, 11) is 1.30. The Bertz CT molecular complexity index is 1260. The molecule has 0 spiro atoms. The van der Waals surface area contributed by atoms with E-state index in [1.54, 1.807) is 12.1 Å². The fourth-order valence-corrected chi connectivity index (χ4v) is 4.43. The fraction of sp³-hybridized carbons (Fsp3) is 0.148. The number of carbonyl (C=O) groups excluding carboxylic acids is 3. The van der Waals surface area contributed by atoms with E-state index in [1.807, 2.05) is 55.5 Å². The van der Waals surface area contributed by atoms with Crippen LogP contribution in [0.3, 0.4) is 0 Å². The highest BCUT2D eigenvalue weighted by Crippen LogP contribution is 2.38. The Morgan fingerprint density at radius 3 is 2.15 bits per heavy atom. The maximum absolute atomic E-state index is 13.5. The first-order valence-electron chi connectivity index (χ1n) is 10.8. The second-order valence-electron chi connectivity index (χ2n) is 7.78. The number of benzene rings is 3.